The zero-order valence-electron chi connectivity index (χ0n) is 20.4. The number of rotatable bonds is 13. The molecule has 1 aromatic carbocycles. The highest BCUT2D eigenvalue weighted by molar-refractivity contribution is 6.04. The SMILES string of the molecule is C/C=C(\NC(=O)c1cccc(NC=O)c1O)C(=O)OC(C)C(OC(=O)C(C)CC)C(CC)C(=O)O. The number of carboxylic acids is 1. The summed E-state index contributed by atoms with van der Waals surface area (Å²) in [4.78, 5) is 60.1. The van der Waals surface area contributed by atoms with Gasteiger partial charge in [-0.2, -0.15) is 0 Å². The molecule has 0 aromatic heterocycles. The number of nitrogens with one attached hydrogen (secondary N) is 2. The van der Waals surface area contributed by atoms with E-state index in [2.05, 4.69) is 10.6 Å². The first-order valence-electron chi connectivity index (χ1n) is 11.2. The number of phenols is 1. The van der Waals surface area contributed by atoms with Crippen LogP contribution in [-0.4, -0.2) is 52.6 Å². The first-order valence-corrected chi connectivity index (χ1v) is 11.2. The zero-order chi connectivity index (χ0) is 26.7. The Labute approximate surface area is 203 Å². The number of amides is 2. The largest absolute Gasteiger partial charge is 0.505 e. The molecule has 11 heteroatoms. The molecule has 192 valence electrons. The third-order valence-electron chi connectivity index (χ3n) is 5.43. The van der Waals surface area contributed by atoms with Crippen LogP contribution in [0.15, 0.2) is 30.0 Å². The minimum atomic E-state index is -1.26. The number of phenolic OH excluding ortho intramolecular Hbond substituents is 1. The van der Waals surface area contributed by atoms with Crippen molar-refractivity contribution in [3.63, 3.8) is 0 Å². The fourth-order valence-electron chi connectivity index (χ4n) is 3.11. The lowest BCUT2D eigenvalue weighted by molar-refractivity contribution is -0.177. The fourth-order valence-corrected chi connectivity index (χ4v) is 3.11. The van der Waals surface area contributed by atoms with Crippen molar-refractivity contribution in [3.05, 3.63) is 35.5 Å². The van der Waals surface area contributed by atoms with E-state index < -0.39 is 53.6 Å². The maximum atomic E-state index is 12.8. The molecule has 4 unspecified atom stereocenters. The van der Waals surface area contributed by atoms with Crippen LogP contribution in [0.3, 0.4) is 0 Å². The summed E-state index contributed by atoms with van der Waals surface area (Å²) in [7, 11) is 0. The van der Waals surface area contributed by atoms with Gasteiger partial charge in [0, 0.05) is 0 Å². The van der Waals surface area contributed by atoms with E-state index in [0.717, 1.165) is 0 Å². The molecule has 0 bridgehead atoms. The smallest absolute Gasteiger partial charge is 0.354 e. The van der Waals surface area contributed by atoms with Crippen molar-refractivity contribution in [2.75, 3.05) is 5.32 Å². The number of para-hydroxylation sites is 1. The van der Waals surface area contributed by atoms with E-state index in [1.807, 2.05) is 0 Å². The van der Waals surface area contributed by atoms with E-state index in [4.69, 9.17) is 9.47 Å². The average molecular weight is 493 g/mol. The van der Waals surface area contributed by atoms with Gasteiger partial charge in [-0.1, -0.05) is 32.9 Å². The van der Waals surface area contributed by atoms with Crippen LogP contribution in [0.25, 0.3) is 0 Å². The quantitative estimate of drug-likeness (QED) is 0.140. The number of ether oxygens (including phenoxy) is 2. The van der Waals surface area contributed by atoms with Gasteiger partial charge in [-0.15, -0.1) is 0 Å². The highest BCUT2D eigenvalue weighted by Gasteiger charge is 2.37. The number of carbonyl (C=O) groups excluding carboxylic acids is 4. The molecule has 35 heavy (non-hydrogen) atoms. The number of aliphatic carboxylic acids is 1. The Morgan fingerprint density at radius 2 is 1.74 bits per heavy atom. The number of carbonyl (C=O) groups is 5. The molecule has 0 heterocycles. The van der Waals surface area contributed by atoms with E-state index in [1.54, 1.807) is 20.8 Å². The van der Waals surface area contributed by atoms with E-state index in [-0.39, 0.29) is 23.4 Å². The van der Waals surface area contributed by atoms with Crippen molar-refractivity contribution in [2.24, 2.45) is 11.8 Å². The Kier molecular flexibility index (Phi) is 11.4. The number of benzene rings is 1. The minimum Gasteiger partial charge on any atom is -0.505 e. The first-order chi connectivity index (χ1) is 16.5. The summed E-state index contributed by atoms with van der Waals surface area (Å²) in [6, 6.07) is 4.08. The van der Waals surface area contributed by atoms with E-state index >= 15 is 0 Å². The molecule has 1 rings (SSSR count). The summed E-state index contributed by atoms with van der Waals surface area (Å²) in [5.41, 5.74) is -0.504. The Morgan fingerprint density at radius 3 is 2.26 bits per heavy atom. The third kappa shape index (κ3) is 7.83. The molecule has 0 fully saturated rings. The van der Waals surface area contributed by atoms with Crippen molar-refractivity contribution < 1.29 is 43.7 Å². The number of hydrogen-bond donors (Lipinski definition) is 4. The summed E-state index contributed by atoms with van der Waals surface area (Å²) in [5, 5.41) is 24.3. The molecule has 0 aliphatic rings. The van der Waals surface area contributed by atoms with Gasteiger partial charge in [0.25, 0.3) is 5.91 Å². The summed E-state index contributed by atoms with van der Waals surface area (Å²) >= 11 is 0. The predicted octanol–water partition coefficient (Wildman–Crippen LogP) is 2.59. The van der Waals surface area contributed by atoms with Gasteiger partial charge >= 0.3 is 17.9 Å². The maximum absolute atomic E-state index is 12.8. The van der Waals surface area contributed by atoms with Crippen molar-refractivity contribution in [1.29, 1.82) is 0 Å². The fraction of sp³-hybridized carbons (Fsp3) is 0.458. The van der Waals surface area contributed by atoms with Crippen LogP contribution < -0.4 is 10.6 Å². The van der Waals surface area contributed by atoms with Gasteiger partial charge < -0.3 is 30.3 Å². The maximum Gasteiger partial charge on any atom is 0.354 e. The second-order valence-corrected chi connectivity index (χ2v) is 7.79. The van der Waals surface area contributed by atoms with Crippen molar-refractivity contribution in [2.45, 2.75) is 59.7 Å². The van der Waals surface area contributed by atoms with Crippen LogP contribution in [0.5, 0.6) is 5.75 Å². The molecule has 0 saturated heterocycles. The topological polar surface area (TPSA) is 168 Å². The van der Waals surface area contributed by atoms with Crippen LogP contribution in [0, 0.1) is 11.8 Å². The summed E-state index contributed by atoms with van der Waals surface area (Å²) in [5.74, 6) is -5.78. The summed E-state index contributed by atoms with van der Waals surface area (Å²) < 4.78 is 10.8. The molecular weight excluding hydrogens is 460 g/mol. The monoisotopic (exact) mass is 492 g/mol. The van der Waals surface area contributed by atoms with Gasteiger partial charge in [0.2, 0.25) is 6.41 Å². The lowest BCUT2D eigenvalue weighted by atomic mass is 9.95. The van der Waals surface area contributed by atoms with Crippen LogP contribution in [0.4, 0.5) is 5.69 Å². The standard InChI is InChI=1S/C24H32N2O9/c1-6-13(4)23(32)35-20(15(7-2)22(30)31)14(5)34-24(33)17(8-3)26-21(29)16-10-9-11-18(19(16)28)25-12-27/h8-15,20,28H,6-7H2,1-5H3,(H,25,27)(H,26,29)(H,30,31)/b17-8-. The molecular formula is C24H32N2O9. The minimum absolute atomic E-state index is 0.00359. The Hall–Kier alpha value is -3.89. The molecule has 0 spiro atoms. The lowest BCUT2D eigenvalue weighted by Crippen LogP contribution is -2.43. The van der Waals surface area contributed by atoms with Gasteiger partial charge in [0.15, 0.2) is 11.9 Å². The molecule has 0 aliphatic carbocycles. The third-order valence-corrected chi connectivity index (χ3v) is 5.43. The highest BCUT2D eigenvalue weighted by Crippen LogP contribution is 2.27. The lowest BCUT2D eigenvalue weighted by Gasteiger charge is -2.29. The molecule has 0 radical (unpaired) electrons. The summed E-state index contributed by atoms with van der Waals surface area (Å²) in [6.07, 6.45) is -0.226. The molecule has 2 amide bonds. The van der Waals surface area contributed by atoms with E-state index in [1.165, 1.54) is 38.1 Å². The number of allylic oxidation sites excluding steroid dienone is 1. The van der Waals surface area contributed by atoms with Crippen molar-refractivity contribution in [1.82, 2.24) is 5.32 Å². The van der Waals surface area contributed by atoms with Crippen LogP contribution in [-0.2, 0) is 28.7 Å². The van der Waals surface area contributed by atoms with Crippen LogP contribution >= 0.6 is 0 Å². The zero-order valence-corrected chi connectivity index (χ0v) is 20.4. The molecule has 4 N–H and O–H groups in total. The first kappa shape index (κ1) is 29.1. The normalized spacial score (nSPS) is 14.6. The number of carboxylic acid groups (broad SMARTS) is 1. The molecule has 4 atom stereocenters. The number of anilines is 1. The molecule has 11 nitrogen and oxygen atoms in total. The van der Waals surface area contributed by atoms with Crippen molar-refractivity contribution >= 4 is 35.9 Å². The average Bonchev–Trinajstić information content (AvgIpc) is 2.82. The molecule has 0 saturated carbocycles. The van der Waals surface area contributed by atoms with Gasteiger partial charge in [-0.05, 0) is 38.8 Å². The van der Waals surface area contributed by atoms with Crippen molar-refractivity contribution in [3.8, 4) is 5.75 Å². The van der Waals surface area contributed by atoms with Gasteiger partial charge in [-0.25, -0.2) is 4.79 Å². The summed E-state index contributed by atoms with van der Waals surface area (Å²) in [6.45, 7) is 7.88. The highest BCUT2D eigenvalue weighted by atomic mass is 16.6. The van der Waals surface area contributed by atoms with Crippen LogP contribution in [0.1, 0.15) is 57.8 Å². The predicted molar refractivity (Wildman–Crippen MR) is 125 cm³/mol. The molecule has 0 aliphatic heterocycles. The Balaban J connectivity index is 3.07. The molecule has 1 aromatic rings. The van der Waals surface area contributed by atoms with Gasteiger partial charge in [-0.3, -0.25) is 19.2 Å². The van der Waals surface area contributed by atoms with Gasteiger partial charge in [0.05, 0.1) is 23.1 Å². The Morgan fingerprint density at radius 1 is 1.09 bits per heavy atom. The Bertz CT molecular complexity index is 974. The van der Waals surface area contributed by atoms with Gasteiger partial charge in [0.1, 0.15) is 11.8 Å². The second-order valence-electron chi connectivity index (χ2n) is 7.79. The number of aromatic hydroxyl groups is 1. The second kappa shape index (κ2) is 13.7. The van der Waals surface area contributed by atoms with E-state index in [9.17, 15) is 34.2 Å². The van der Waals surface area contributed by atoms with Crippen LogP contribution in [0.2, 0.25) is 0 Å². The number of esters is 2. The van der Waals surface area contributed by atoms with E-state index in [0.29, 0.717) is 12.8 Å². The number of hydrogen-bond acceptors (Lipinski definition) is 8.